The van der Waals surface area contributed by atoms with Crippen molar-refractivity contribution in [3.05, 3.63) is 108 Å². The lowest BCUT2D eigenvalue weighted by atomic mass is 10.2. The molecule has 0 nitrogen and oxygen atoms in total. The van der Waals surface area contributed by atoms with Gasteiger partial charge >= 0.3 is 0 Å². The molecule has 0 atom stereocenters. The molecule has 0 aliphatic carbocycles. The van der Waals surface area contributed by atoms with Gasteiger partial charge in [-0.25, -0.2) is 0 Å². The van der Waals surface area contributed by atoms with Crippen LogP contribution in [0, 0.1) is 34.4 Å². The number of benzene rings is 3. The minimum Gasteiger partial charge on any atom is -0.133 e. The highest BCUT2D eigenvalue weighted by molar-refractivity contribution is 7.82. The van der Waals surface area contributed by atoms with E-state index in [1.54, 1.807) is 0 Å². The van der Waals surface area contributed by atoms with Gasteiger partial charge in [0.1, 0.15) is 23.7 Å². The van der Waals surface area contributed by atoms with Gasteiger partial charge in [-0.2, -0.15) is 0 Å². The number of hydrogen-bond donors (Lipinski definition) is 0. The summed E-state index contributed by atoms with van der Waals surface area (Å²) in [5, 5.41) is 0. The Bertz CT molecular complexity index is 1170. The molecule has 166 valence electrons. The van der Waals surface area contributed by atoms with Crippen molar-refractivity contribution in [2.75, 3.05) is 0 Å². The van der Waals surface area contributed by atoms with Crippen molar-refractivity contribution in [1.29, 1.82) is 0 Å². The van der Waals surface area contributed by atoms with Crippen LogP contribution in [0.2, 0.25) is 32.7 Å². The SMILES string of the molecule is C[Si](C#Cc1ccccc1)[Si](C)[Si](C)(C#Cc1ccccc1)[Si](C)[Si](C)C#Cc1ccccc1. The first kappa shape index (κ1) is 26.0. The zero-order chi connectivity index (χ0) is 24.4. The summed E-state index contributed by atoms with van der Waals surface area (Å²) in [6.07, 6.45) is 0. The van der Waals surface area contributed by atoms with Crippen LogP contribution in [0.3, 0.4) is 0 Å². The second-order valence-corrected chi connectivity index (χ2v) is 40.5. The van der Waals surface area contributed by atoms with E-state index in [9.17, 15) is 0 Å². The highest BCUT2D eigenvalue weighted by Gasteiger charge is 2.45. The molecular formula is C29H30Si5. The molecule has 3 rings (SSSR count). The third-order valence-corrected chi connectivity index (χ3v) is 57.3. The van der Waals surface area contributed by atoms with Gasteiger partial charge in [0.25, 0.3) is 0 Å². The van der Waals surface area contributed by atoms with Crippen LogP contribution in [0.1, 0.15) is 16.7 Å². The van der Waals surface area contributed by atoms with Crippen molar-refractivity contribution in [3.63, 3.8) is 0 Å². The lowest BCUT2D eigenvalue weighted by molar-refractivity contribution is 1.65. The average Bonchev–Trinajstić information content (AvgIpc) is 2.89. The highest BCUT2D eigenvalue weighted by atomic mass is 29.9. The average molecular weight is 519 g/mol. The van der Waals surface area contributed by atoms with E-state index in [2.05, 4.69) is 146 Å². The molecule has 0 aliphatic rings. The van der Waals surface area contributed by atoms with Gasteiger partial charge in [0.15, 0.2) is 0 Å². The summed E-state index contributed by atoms with van der Waals surface area (Å²) in [6, 6.07) is 31.3. The van der Waals surface area contributed by atoms with Crippen molar-refractivity contribution >= 4 is 39.4 Å². The Morgan fingerprint density at radius 1 is 0.500 bits per heavy atom. The van der Waals surface area contributed by atoms with E-state index in [4.69, 9.17) is 0 Å². The molecule has 0 saturated carbocycles. The monoisotopic (exact) mass is 518 g/mol. The summed E-state index contributed by atoms with van der Waals surface area (Å²) in [7, 11) is -4.71. The molecule has 3 aromatic carbocycles. The third kappa shape index (κ3) is 7.21. The molecule has 0 saturated heterocycles. The maximum absolute atomic E-state index is 3.96. The van der Waals surface area contributed by atoms with Crippen molar-refractivity contribution in [2.45, 2.75) is 32.7 Å². The van der Waals surface area contributed by atoms with E-state index in [-0.39, 0.29) is 0 Å². The zero-order valence-electron chi connectivity index (χ0n) is 20.7. The summed E-state index contributed by atoms with van der Waals surface area (Å²) >= 11 is 0. The van der Waals surface area contributed by atoms with Crippen molar-refractivity contribution in [3.8, 4) is 34.4 Å². The lowest BCUT2D eigenvalue weighted by Crippen LogP contribution is -2.67. The van der Waals surface area contributed by atoms with E-state index in [0.717, 1.165) is 16.7 Å². The minimum atomic E-state index is -1.81. The largest absolute Gasteiger partial charge is 0.133 e. The predicted molar refractivity (Wildman–Crippen MR) is 158 cm³/mol. The summed E-state index contributed by atoms with van der Waals surface area (Å²) < 4.78 is 0. The van der Waals surface area contributed by atoms with Crippen LogP contribution in [0.25, 0.3) is 0 Å². The molecule has 0 bridgehead atoms. The molecule has 0 aromatic heterocycles. The highest BCUT2D eigenvalue weighted by Crippen LogP contribution is 2.17. The van der Waals surface area contributed by atoms with E-state index in [1.807, 2.05) is 12.1 Å². The van der Waals surface area contributed by atoms with Crippen LogP contribution in [0.15, 0.2) is 91.0 Å². The maximum atomic E-state index is 3.96. The standard InChI is InChI=1S/C29H30Si5/c1-30(24-21-27-15-9-6-10-16-27)32(3)34(5,26-23-29-19-13-8-14-20-29)33(4)31(2)25-22-28-17-11-7-12-18-28/h6-20H,1-5H3. The third-order valence-electron chi connectivity index (χ3n) is 6.19. The summed E-state index contributed by atoms with van der Waals surface area (Å²) in [5.74, 6) is 10.5. The normalized spacial score (nSPS) is 10.9. The Labute approximate surface area is 213 Å². The van der Waals surface area contributed by atoms with Gasteiger partial charge in [-0.05, 0) is 36.4 Å². The van der Waals surface area contributed by atoms with Crippen LogP contribution in [-0.2, 0) is 0 Å². The van der Waals surface area contributed by atoms with Crippen LogP contribution in [0.4, 0.5) is 0 Å². The van der Waals surface area contributed by atoms with Crippen LogP contribution >= 0.6 is 0 Å². The van der Waals surface area contributed by atoms with Gasteiger partial charge in [-0.15, -0.1) is 16.6 Å². The maximum Gasteiger partial charge on any atom is 0.126 e. The molecule has 0 N–H and O–H groups in total. The van der Waals surface area contributed by atoms with Gasteiger partial charge < -0.3 is 0 Å². The lowest BCUT2D eigenvalue weighted by Gasteiger charge is -2.35. The Kier molecular flexibility index (Phi) is 9.78. The summed E-state index contributed by atoms with van der Waals surface area (Å²) in [4.78, 5) is 0. The fraction of sp³-hybridized carbons (Fsp3) is 0.172. The van der Waals surface area contributed by atoms with Crippen molar-refractivity contribution in [1.82, 2.24) is 0 Å². The van der Waals surface area contributed by atoms with E-state index in [1.165, 1.54) is 0 Å². The molecule has 0 unspecified atom stereocenters. The first-order valence-corrected chi connectivity index (χ1v) is 26.0. The van der Waals surface area contributed by atoms with Gasteiger partial charge in [-0.1, -0.05) is 105 Å². The predicted octanol–water partition coefficient (Wildman–Crippen LogP) is 5.65. The Morgan fingerprint density at radius 3 is 1.18 bits per heavy atom. The fourth-order valence-electron chi connectivity index (χ4n) is 3.50. The van der Waals surface area contributed by atoms with Crippen LogP contribution < -0.4 is 0 Å². The fourth-order valence-corrected chi connectivity index (χ4v) is 61.0. The second kappa shape index (κ2) is 12.8. The molecule has 0 amide bonds. The van der Waals surface area contributed by atoms with Crippen LogP contribution in [-0.4, -0.2) is 39.4 Å². The van der Waals surface area contributed by atoms with E-state index in [0.29, 0.717) is 0 Å². The topological polar surface area (TPSA) is 0 Å². The molecule has 3 aromatic rings. The summed E-state index contributed by atoms with van der Waals surface area (Å²) in [6.45, 7) is 12.5. The van der Waals surface area contributed by atoms with E-state index < -0.39 is 39.4 Å². The zero-order valence-corrected chi connectivity index (χ0v) is 25.7. The molecule has 0 spiro atoms. The second-order valence-electron chi connectivity index (χ2n) is 8.47. The first-order valence-electron chi connectivity index (χ1n) is 11.5. The smallest absolute Gasteiger partial charge is 0.126 e. The van der Waals surface area contributed by atoms with Crippen LogP contribution in [0.5, 0.6) is 0 Å². The molecule has 4 radical (unpaired) electrons. The Balaban J connectivity index is 1.92. The van der Waals surface area contributed by atoms with Gasteiger partial charge in [0.05, 0.1) is 15.7 Å². The molecule has 0 fully saturated rings. The van der Waals surface area contributed by atoms with Crippen molar-refractivity contribution in [2.24, 2.45) is 0 Å². The first-order chi connectivity index (χ1) is 16.4. The molecule has 0 aliphatic heterocycles. The van der Waals surface area contributed by atoms with E-state index >= 15 is 0 Å². The van der Waals surface area contributed by atoms with Gasteiger partial charge in [0, 0.05) is 16.7 Å². The summed E-state index contributed by atoms with van der Waals surface area (Å²) in [5.41, 5.74) is 14.8. The molecular weight excluding hydrogens is 489 g/mol. The molecule has 34 heavy (non-hydrogen) atoms. The molecule has 5 heteroatoms. The number of hydrogen-bond acceptors (Lipinski definition) is 0. The Hall–Kier alpha value is -2.58. The van der Waals surface area contributed by atoms with Gasteiger partial charge in [-0.3, -0.25) is 0 Å². The quantitative estimate of drug-likeness (QED) is 0.309. The number of rotatable bonds is 4. The molecule has 0 heterocycles. The van der Waals surface area contributed by atoms with Crippen molar-refractivity contribution < 1.29 is 0 Å². The minimum absolute atomic E-state index is 0.673. The Morgan fingerprint density at radius 2 is 0.824 bits per heavy atom. The van der Waals surface area contributed by atoms with Gasteiger partial charge in [0.2, 0.25) is 0 Å².